The second-order valence-corrected chi connectivity index (χ2v) is 4.10. The maximum Gasteiger partial charge on any atom is 0.124 e. The molecule has 0 amide bonds. The van der Waals surface area contributed by atoms with Gasteiger partial charge in [0.15, 0.2) is 0 Å². The fourth-order valence-electron chi connectivity index (χ4n) is 1.75. The van der Waals surface area contributed by atoms with Gasteiger partial charge >= 0.3 is 0 Å². The van der Waals surface area contributed by atoms with E-state index in [-0.39, 0.29) is 6.04 Å². The first-order chi connectivity index (χ1) is 9.22. The topological polar surface area (TPSA) is 56.3 Å². The lowest BCUT2D eigenvalue weighted by Crippen LogP contribution is -2.08. The van der Waals surface area contributed by atoms with Crippen molar-refractivity contribution in [3.63, 3.8) is 0 Å². The molecular formula is C14H17N3O2. The smallest absolute Gasteiger partial charge is 0.124 e. The van der Waals surface area contributed by atoms with E-state index >= 15 is 0 Å². The van der Waals surface area contributed by atoms with Crippen molar-refractivity contribution >= 4 is 5.69 Å². The van der Waals surface area contributed by atoms with Crippen LogP contribution in [0.25, 0.3) is 0 Å². The van der Waals surface area contributed by atoms with Crippen molar-refractivity contribution in [3.8, 4) is 11.5 Å². The van der Waals surface area contributed by atoms with Crippen LogP contribution in [0.2, 0.25) is 0 Å². The Morgan fingerprint density at radius 1 is 1.05 bits per heavy atom. The molecule has 5 heteroatoms. The van der Waals surface area contributed by atoms with Gasteiger partial charge in [-0.05, 0) is 6.92 Å². The van der Waals surface area contributed by atoms with Gasteiger partial charge in [-0.25, -0.2) is 0 Å². The molecule has 1 atom stereocenters. The average molecular weight is 259 g/mol. The SMILES string of the molecule is COc1cc(NC(C)c2cnccn2)cc(OC)c1. The van der Waals surface area contributed by atoms with Crippen molar-refractivity contribution in [1.82, 2.24) is 9.97 Å². The molecule has 5 nitrogen and oxygen atoms in total. The first-order valence-electron chi connectivity index (χ1n) is 5.98. The van der Waals surface area contributed by atoms with Crippen LogP contribution in [-0.2, 0) is 0 Å². The number of anilines is 1. The van der Waals surface area contributed by atoms with Crippen molar-refractivity contribution in [2.24, 2.45) is 0 Å². The summed E-state index contributed by atoms with van der Waals surface area (Å²) in [6.45, 7) is 2.02. The van der Waals surface area contributed by atoms with Gasteiger partial charge in [0, 0.05) is 36.3 Å². The van der Waals surface area contributed by atoms with Crippen molar-refractivity contribution in [1.29, 1.82) is 0 Å². The number of ether oxygens (including phenoxy) is 2. The summed E-state index contributed by atoms with van der Waals surface area (Å²) in [5, 5.41) is 3.35. The van der Waals surface area contributed by atoms with Crippen LogP contribution in [0.3, 0.4) is 0 Å². The van der Waals surface area contributed by atoms with E-state index in [1.54, 1.807) is 32.8 Å². The van der Waals surface area contributed by atoms with E-state index in [1.165, 1.54) is 0 Å². The Morgan fingerprint density at radius 3 is 2.26 bits per heavy atom. The number of nitrogens with one attached hydrogen (secondary N) is 1. The first-order valence-corrected chi connectivity index (χ1v) is 5.98. The maximum atomic E-state index is 5.24. The third kappa shape index (κ3) is 3.34. The average Bonchev–Trinajstić information content (AvgIpc) is 2.47. The number of rotatable bonds is 5. The van der Waals surface area contributed by atoms with Crippen LogP contribution in [0.4, 0.5) is 5.69 Å². The Bertz CT molecular complexity index is 509. The number of methoxy groups -OCH3 is 2. The zero-order valence-corrected chi connectivity index (χ0v) is 11.3. The summed E-state index contributed by atoms with van der Waals surface area (Å²) in [5.74, 6) is 1.49. The Labute approximate surface area is 112 Å². The largest absolute Gasteiger partial charge is 0.497 e. The second-order valence-electron chi connectivity index (χ2n) is 4.10. The standard InChI is InChI=1S/C14H17N3O2/c1-10(14-9-15-4-5-16-14)17-11-6-12(18-2)8-13(7-11)19-3/h4-10,17H,1-3H3. The highest BCUT2D eigenvalue weighted by Crippen LogP contribution is 2.27. The lowest BCUT2D eigenvalue weighted by molar-refractivity contribution is 0.394. The highest BCUT2D eigenvalue weighted by atomic mass is 16.5. The molecule has 100 valence electrons. The quantitative estimate of drug-likeness (QED) is 0.894. The number of nitrogens with zero attached hydrogens (tertiary/aromatic N) is 2. The third-order valence-corrected chi connectivity index (χ3v) is 2.76. The summed E-state index contributed by atoms with van der Waals surface area (Å²) in [6, 6.07) is 5.70. The molecule has 1 N–H and O–H groups in total. The van der Waals surface area contributed by atoms with Crippen LogP contribution in [0.5, 0.6) is 11.5 Å². The van der Waals surface area contributed by atoms with Gasteiger partial charge in [0.2, 0.25) is 0 Å². The third-order valence-electron chi connectivity index (χ3n) is 2.76. The Morgan fingerprint density at radius 2 is 1.74 bits per heavy atom. The van der Waals surface area contributed by atoms with E-state index in [2.05, 4.69) is 15.3 Å². The van der Waals surface area contributed by atoms with Crippen molar-refractivity contribution in [3.05, 3.63) is 42.5 Å². The van der Waals surface area contributed by atoms with Gasteiger partial charge in [-0.1, -0.05) is 0 Å². The van der Waals surface area contributed by atoms with E-state index in [1.807, 2.05) is 25.1 Å². The zero-order chi connectivity index (χ0) is 13.7. The Hall–Kier alpha value is -2.30. The summed E-state index contributed by atoms with van der Waals surface area (Å²) < 4.78 is 10.5. The monoisotopic (exact) mass is 259 g/mol. The number of hydrogen-bond donors (Lipinski definition) is 1. The lowest BCUT2D eigenvalue weighted by atomic mass is 10.2. The predicted octanol–water partition coefficient (Wildman–Crippen LogP) is 2.67. The first kappa shape index (κ1) is 13.1. The van der Waals surface area contributed by atoms with Crippen molar-refractivity contribution in [2.75, 3.05) is 19.5 Å². The highest BCUT2D eigenvalue weighted by Gasteiger charge is 2.08. The normalized spacial score (nSPS) is 11.7. The van der Waals surface area contributed by atoms with Gasteiger partial charge in [0.05, 0.1) is 32.2 Å². The highest BCUT2D eigenvalue weighted by molar-refractivity contribution is 5.54. The van der Waals surface area contributed by atoms with Crippen LogP contribution in [0, 0.1) is 0 Å². The van der Waals surface area contributed by atoms with Crippen molar-refractivity contribution < 1.29 is 9.47 Å². The minimum atomic E-state index is 0.0468. The van der Waals surface area contributed by atoms with Crippen LogP contribution in [0.1, 0.15) is 18.7 Å². The van der Waals surface area contributed by atoms with Gasteiger partial charge in [-0.2, -0.15) is 0 Å². The number of aromatic nitrogens is 2. The second kappa shape index (κ2) is 6.04. The molecule has 0 aliphatic carbocycles. The van der Waals surface area contributed by atoms with Gasteiger partial charge < -0.3 is 14.8 Å². The Balaban J connectivity index is 2.18. The molecule has 1 aromatic heterocycles. The molecular weight excluding hydrogens is 242 g/mol. The molecule has 0 saturated heterocycles. The summed E-state index contributed by atoms with van der Waals surface area (Å²) in [4.78, 5) is 8.34. The van der Waals surface area contributed by atoms with Gasteiger partial charge in [0.1, 0.15) is 11.5 Å². The van der Waals surface area contributed by atoms with E-state index in [0.29, 0.717) is 0 Å². The minimum absolute atomic E-state index is 0.0468. The summed E-state index contributed by atoms with van der Waals surface area (Å²) in [7, 11) is 3.26. The van der Waals surface area contributed by atoms with E-state index in [4.69, 9.17) is 9.47 Å². The molecule has 0 aliphatic heterocycles. The van der Waals surface area contributed by atoms with Crippen LogP contribution in [0.15, 0.2) is 36.8 Å². The zero-order valence-electron chi connectivity index (χ0n) is 11.3. The van der Waals surface area contributed by atoms with Crippen LogP contribution >= 0.6 is 0 Å². The molecule has 1 heterocycles. The van der Waals surface area contributed by atoms with Crippen LogP contribution < -0.4 is 14.8 Å². The molecule has 1 aromatic carbocycles. The molecule has 0 bridgehead atoms. The van der Waals surface area contributed by atoms with E-state index < -0.39 is 0 Å². The molecule has 0 saturated carbocycles. The summed E-state index contributed by atoms with van der Waals surface area (Å²) >= 11 is 0. The van der Waals surface area contributed by atoms with Crippen molar-refractivity contribution in [2.45, 2.75) is 13.0 Å². The lowest BCUT2D eigenvalue weighted by Gasteiger charge is -2.16. The molecule has 0 radical (unpaired) electrons. The summed E-state index contributed by atoms with van der Waals surface area (Å²) in [5.41, 5.74) is 1.79. The molecule has 0 fully saturated rings. The fraction of sp³-hybridized carbons (Fsp3) is 0.286. The molecule has 0 aliphatic rings. The van der Waals surface area contributed by atoms with Gasteiger partial charge in [-0.15, -0.1) is 0 Å². The number of benzene rings is 1. The van der Waals surface area contributed by atoms with Gasteiger partial charge in [0.25, 0.3) is 0 Å². The summed E-state index contributed by atoms with van der Waals surface area (Å²) in [6.07, 6.45) is 5.08. The van der Waals surface area contributed by atoms with E-state index in [0.717, 1.165) is 22.9 Å². The maximum absolute atomic E-state index is 5.24. The molecule has 1 unspecified atom stereocenters. The Kier molecular flexibility index (Phi) is 4.18. The van der Waals surface area contributed by atoms with Crippen LogP contribution in [-0.4, -0.2) is 24.2 Å². The molecule has 0 spiro atoms. The molecule has 19 heavy (non-hydrogen) atoms. The predicted molar refractivity (Wildman–Crippen MR) is 73.6 cm³/mol. The number of hydrogen-bond acceptors (Lipinski definition) is 5. The molecule has 2 aromatic rings. The van der Waals surface area contributed by atoms with E-state index in [9.17, 15) is 0 Å². The minimum Gasteiger partial charge on any atom is -0.497 e. The van der Waals surface area contributed by atoms with Gasteiger partial charge in [-0.3, -0.25) is 9.97 Å². The fourth-order valence-corrected chi connectivity index (χ4v) is 1.75. The molecule has 2 rings (SSSR count).